The van der Waals surface area contributed by atoms with Gasteiger partial charge in [0.2, 0.25) is 0 Å². The Labute approximate surface area is 244 Å². The normalized spacial score (nSPS) is 11.3. The zero-order chi connectivity index (χ0) is 27.9. The molecule has 0 amide bonds. The minimum Gasteiger partial charge on any atom is -0.265 e. The van der Waals surface area contributed by atoms with Crippen LogP contribution >= 0.6 is 0 Å². The number of fused-ring (bicyclic) bond motifs is 3. The van der Waals surface area contributed by atoms with Crippen LogP contribution in [0.5, 0.6) is 0 Å². The maximum absolute atomic E-state index is 4.38. The summed E-state index contributed by atoms with van der Waals surface area (Å²) in [5.41, 5.74) is 9.64. The molecule has 2 nitrogen and oxygen atoms in total. The van der Waals surface area contributed by atoms with E-state index in [1.165, 1.54) is 65.7 Å². The van der Waals surface area contributed by atoms with Gasteiger partial charge in [0.25, 0.3) is 0 Å². The number of pyridine rings is 2. The molecule has 0 saturated carbocycles. The molecule has 0 aliphatic rings. The van der Waals surface area contributed by atoms with Crippen LogP contribution in [0.4, 0.5) is 0 Å². The molecule has 2 aromatic heterocycles. The maximum Gasteiger partial charge on any atom is 0.0273 e. The topological polar surface area (TPSA) is 25.8 Å². The summed E-state index contributed by atoms with van der Waals surface area (Å²) in [5, 5.41) is 7.40. The van der Waals surface area contributed by atoms with Crippen LogP contribution in [0.2, 0.25) is 0 Å². The van der Waals surface area contributed by atoms with Crippen molar-refractivity contribution in [3.63, 3.8) is 0 Å². The molecule has 6 aromatic carbocycles. The van der Waals surface area contributed by atoms with Crippen LogP contribution < -0.4 is 0 Å². The van der Waals surface area contributed by atoms with Crippen molar-refractivity contribution in [2.45, 2.75) is 0 Å². The molecule has 0 radical (unpaired) electrons. The summed E-state index contributed by atoms with van der Waals surface area (Å²) in [6.45, 7) is 0. The molecule has 2 heterocycles. The summed E-state index contributed by atoms with van der Waals surface area (Å²) >= 11 is 0. The molecule has 8 rings (SSSR count). The summed E-state index contributed by atoms with van der Waals surface area (Å²) in [5.74, 6) is 0. The van der Waals surface area contributed by atoms with E-state index >= 15 is 0 Å². The SMILES string of the molecule is c1ccc(-c2c3ccccc3c(-c3ccncc3)c3c(-c4ccccc4)c4ccccc4c(-c4ccncc4)c23)cc1. The minimum absolute atomic E-state index is 1.15. The van der Waals surface area contributed by atoms with Crippen LogP contribution in [0.3, 0.4) is 0 Å². The van der Waals surface area contributed by atoms with E-state index < -0.39 is 0 Å². The van der Waals surface area contributed by atoms with Gasteiger partial charge in [0.15, 0.2) is 0 Å². The summed E-state index contributed by atoms with van der Waals surface area (Å²) in [6.07, 6.45) is 7.59. The number of aromatic nitrogens is 2. The first-order valence-electron chi connectivity index (χ1n) is 14.2. The molecule has 2 heteroatoms. The molecule has 42 heavy (non-hydrogen) atoms. The second-order valence-corrected chi connectivity index (χ2v) is 10.5. The Morgan fingerprint density at radius 3 is 0.833 bits per heavy atom. The molecular weight excluding hydrogens is 508 g/mol. The van der Waals surface area contributed by atoms with Gasteiger partial charge in [-0.2, -0.15) is 0 Å². The van der Waals surface area contributed by atoms with Crippen LogP contribution in [0, 0.1) is 0 Å². The highest BCUT2D eigenvalue weighted by Crippen LogP contribution is 2.53. The molecule has 0 unspecified atom stereocenters. The molecule has 0 spiro atoms. The van der Waals surface area contributed by atoms with E-state index in [0.717, 1.165) is 11.1 Å². The van der Waals surface area contributed by atoms with E-state index in [1.54, 1.807) is 0 Å². The molecule has 0 aliphatic heterocycles. The fraction of sp³-hybridized carbons (Fsp3) is 0. The molecular formula is C40H26N2. The lowest BCUT2D eigenvalue weighted by Crippen LogP contribution is -1.97. The van der Waals surface area contributed by atoms with Crippen molar-refractivity contribution in [3.8, 4) is 44.5 Å². The molecule has 0 N–H and O–H groups in total. The number of hydrogen-bond donors (Lipinski definition) is 0. The van der Waals surface area contributed by atoms with Crippen LogP contribution in [-0.4, -0.2) is 9.97 Å². The Hall–Kier alpha value is -5.60. The monoisotopic (exact) mass is 534 g/mol. The molecule has 8 aromatic rings. The standard InChI is InChI=1S/C40H26N2/c1-3-11-27(12-4-1)35-31-15-7-9-17-33(31)38(30-21-25-42-26-22-30)40-36(28-13-5-2-6-14-28)32-16-8-10-18-34(32)37(39(35)40)29-19-23-41-24-20-29/h1-26H. The zero-order valence-electron chi connectivity index (χ0n) is 22.9. The highest BCUT2D eigenvalue weighted by atomic mass is 14.6. The zero-order valence-corrected chi connectivity index (χ0v) is 22.9. The van der Waals surface area contributed by atoms with E-state index in [-0.39, 0.29) is 0 Å². The van der Waals surface area contributed by atoms with Crippen molar-refractivity contribution < 1.29 is 0 Å². The average molecular weight is 535 g/mol. The first kappa shape index (κ1) is 24.2. The Morgan fingerprint density at radius 1 is 0.262 bits per heavy atom. The predicted octanol–water partition coefficient (Wildman–Crippen LogP) is 10.6. The van der Waals surface area contributed by atoms with Crippen LogP contribution in [0.1, 0.15) is 0 Å². The quantitative estimate of drug-likeness (QED) is 0.210. The lowest BCUT2D eigenvalue weighted by Gasteiger charge is -2.25. The molecule has 0 saturated heterocycles. The third-order valence-corrected chi connectivity index (χ3v) is 8.24. The first-order valence-corrected chi connectivity index (χ1v) is 14.2. The van der Waals surface area contributed by atoms with Gasteiger partial charge in [-0.3, -0.25) is 9.97 Å². The van der Waals surface area contributed by atoms with E-state index in [9.17, 15) is 0 Å². The van der Waals surface area contributed by atoms with E-state index in [0.29, 0.717) is 0 Å². The minimum atomic E-state index is 1.15. The number of nitrogens with zero attached hydrogens (tertiary/aromatic N) is 2. The van der Waals surface area contributed by atoms with Gasteiger partial charge >= 0.3 is 0 Å². The van der Waals surface area contributed by atoms with Crippen molar-refractivity contribution in [1.29, 1.82) is 0 Å². The third-order valence-electron chi connectivity index (χ3n) is 8.24. The Kier molecular flexibility index (Phi) is 5.82. The molecule has 0 fully saturated rings. The van der Waals surface area contributed by atoms with Gasteiger partial charge in [0.1, 0.15) is 0 Å². The highest BCUT2D eigenvalue weighted by Gasteiger charge is 2.25. The van der Waals surface area contributed by atoms with Crippen molar-refractivity contribution in [2.24, 2.45) is 0 Å². The first-order chi connectivity index (χ1) is 20.9. The Bertz CT molecular complexity index is 1890. The Balaban J connectivity index is 1.77. The smallest absolute Gasteiger partial charge is 0.0273 e. The molecule has 0 bridgehead atoms. The maximum atomic E-state index is 4.38. The second-order valence-electron chi connectivity index (χ2n) is 10.5. The number of benzene rings is 6. The highest BCUT2D eigenvalue weighted by molar-refractivity contribution is 6.33. The number of rotatable bonds is 4. The van der Waals surface area contributed by atoms with Crippen LogP contribution in [0.25, 0.3) is 76.8 Å². The van der Waals surface area contributed by atoms with E-state index in [4.69, 9.17) is 0 Å². The van der Waals surface area contributed by atoms with Crippen LogP contribution in [0.15, 0.2) is 158 Å². The van der Waals surface area contributed by atoms with Gasteiger partial charge in [-0.05, 0) is 101 Å². The van der Waals surface area contributed by atoms with Gasteiger partial charge in [0.05, 0.1) is 0 Å². The summed E-state index contributed by atoms with van der Waals surface area (Å²) in [6, 6.07) is 47.9. The van der Waals surface area contributed by atoms with Gasteiger partial charge in [-0.1, -0.05) is 109 Å². The van der Waals surface area contributed by atoms with Crippen molar-refractivity contribution >= 4 is 32.3 Å². The van der Waals surface area contributed by atoms with Gasteiger partial charge in [-0.25, -0.2) is 0 Å². The summed E-state index contributed by atoms with van der Waals surface area (Å²) in [4.78, 5) is 8.77. The molecule has 0 atom stereocenters. The largest absolute Gasteiger partial charge is 0.265 e. The molecule has 196 valence electrons. The van der Waals surface area contributed by atoms with E-state index in [2.05, 4.69) is 143 Å². The predicted molar refractivity (Wildman–Crippen MR) is 176 cm³/mol. The van der Waals surface area contributed by atoms with Crippen LogP contribution in [-0.2, 0) is 0 Å². The van der Waals surface area contributed by atoms with Crippen molar-refractivity contribution in [1.82, 2.24) is 9.97 Å². The lowest BCUT2D eigenvalue weighted by molar-refractivity contribution is 1.33. The number of hydrogen-bond acceptors (Lipinski definition) is 2. The van der Waals surface area contributed by atoms with E-state index in [1.807, 2.05) is 24.8 Å². The third kappa shape index (κ3) is 3.81. The van der Waals surface area contributed by atoms with Crippen molar-refractivity contribution in [2.75, 3.05) is 0 Å². The van der Waals surface area contributed by atoms with Gasteiger partial charge in [0, 0.05) is 24.8 Å². The summed E-state index contributed by atoms with van der Waals surface area (Å²) in [7, 11) is 0. The van der Waals surface area contributed by atoms with Crippen molar-refractivity contribution in [3.05, 3.63) is 158 Å². The summed E-state index contributed by atoms with van der Waals surface area (Å²) < 4.78 is 0. The fourth-order valence-corrected chi connectivity index (χ4v) is 6.57. The van der Waals surface area contributed by atoms with Gasteiger partial charge < -0.3 is 0 Å². The lowest BCUT2D eigenvalue weighted by atomic mass is 9.78. The molecule has 0 aliphatic carbocycles. The van der Waals surface area contributed by atoms with Gasteiger partial charge in [-0.15, -0.1) is 0 Å². The fourth-order valence-electron chi connectivity index (χ4n) is 6.57. The Morgan fingerprint density at radius 2 is 0.524 bits per heavy atom. The second kappa shape index (κ2) is 10.1. The average Bonchev–Trinajstić information content (AvgIpc) is 3.07.